The number of carbonyl (C=O) groups excluding carboxylic acids is 1. The summed E-state index contributed by atoms with van der Waals surface area (Å²) >= 11 is 0. The predicted molar refractivity (Wildman–Crippen MR) is 94.4 cm³/mol. The van der Waals surface area contributed by atoms with Crippen molar-refractivity contribution in [3.63, 3.8) is 0 Å². The summed E-state index contributed by atoms with van der Waals surface area (Å²) in [7, 11) is -3.73. The van der Waals surface area contributed by atoms with Crippen molar-refractivity contribution in [3.8, 4) is 11.8 Å². The molecule has 2 rings (SSSR count). The van der Waals surface area contributed by atoms with Crippen LogP contribution in [0.3, 0.4) is 0 Å². The van der Waals surface area contributed by atoms with E-state index < -0.39 is 15.9 Å². The van der Waals surface area contributed by atoms with Gasteiger partial charge in [0.25, 0.3) is 15.9 Å². The lowest BCUT2D eigenvalue weighted by molar-refractivity contribution is -0.124. The number of sulfonamides is 1. The predicted octanol–water partition coefficient (Wildman–Crippen LogP) is 2.21. The Morgan fingerprint density at radius 2 is 1.92 bits per heavy atom. The largest absolute Gasteiger partial charge is 0.288 e. The minimum absolute atomic E-state index is 0.0814. The molecular weight excluding hydrogens is 340 g/mol. The Hall–Kier alpha value is -3.08. The first-order valence-corrected chi connectivity index (χ1v) is 8.71. The van der Waals surface area contributed by atoms with Gasteiger partial charge in [0.15, 0.2) is 0 Å². The van der Waals surface area contributed by atoms with Crippen LogP contribution < -0.4 is 10.2 Å². The number of aryl methyl sites for hydroxylation is 1. The molecule has 0 fully saturated rings. The van der Waals surface area contributed by atoms with Crippen LogP contribution in [0.25, 0.3) is 0 Å². The molecule has 0 heterocycles. The second kappa shape index (κ2) is 8.15. The van der Waals surface area contributed by atoms with Gasteiger partial charge >= 0.3 is 0 Å². The Bertz CT molecular complexity index is 970. The fourth-order valence-corrected chi connectivity index (χ4v) is 3.04. The number of benzene rings is 2. The molecule has 0 aliphatic heterocycles. The van der Waals surface area contributed by atoms with Crippen molar-refractivity contribution in [1.82, 2.24) is 5.48 Å². The van der Waals surface area contributed by atoms with Gasteiger partial charge in [0.05, 0.1) is 4.90 Å². The highest BCUT2D eigenvalue weighted by atomic mass is 32.2. The first kappa shape index (κ1) is 18.3. The Kier molecular flexibility index (Phi) is 5.95. The van der Waals surface area contributed by atoms with Crippen LogP contribution in [0.2, 0.25) is 0 Å². The van der Waals surface area contributed by atoms with E-state index in [4.69, 9.17) is 5.21 Å². The van der Waals surface area contributed by atoms with Gasteiger partial charge in [-0.3, -0.25) is 14.7 Å². The van der Waals surface area contributed by atoms with E-state index >= 15 is 0 Å². The molecular formula is C18H16N2O4S. The minimum Gasteiger partial charge on any atom is -0.288 e. The third-order valence-corrected chi connectivity index (χ3v) is 4.44. The van der Waals surface area contributed by atoms with E-state index in [2.05, 4.69) is 16.6 Å². The summed E-state index contributed by atoms with van der Waals surface area (Å²) in [6.45, 7) is 1.87. The van der Waals surface area contributed by atoms with E-state index in [1.54, 1.807) is 30.3 Å². The van der Waals surface area contributed by atoms with Gasteiger partial charge < -0.3 is 0 Å². The van der Waals surface area contributed by atoms with E-state index in [0.717, 1.165) is 11.6 Å². The molecule has 0 atom stereocenters. The maximum atomic E-state index is 12.5. The van der Waals surface area contributed by atoms with E-state index in [9.17, 15) is 13.2 Å². The van der Waals surface area contributed by atoms with Crippen LogP contribution in [0.5, 0.6) is 0 Å². The van der Waals surface area contributed by atoms with E-state index in [1.165, 1.54) is 23.7 Å². The third kappa shape index (κ3) is 5.49. The number of allylic oxidation sites excluding steroid dienone is 1. The minimum atomic E-state index is -3.73. The summed E-state index contributed by atoms with van der Waals surface area (Å²) in [6, 6.07) is 13.2. The summed E-state index contributed by atoms with van der Waals surface area (Å²) in [4.78, 5) is 10.9. The molecule has 0 aromatic heterocycles. The fourth-order valence-electron chi connectivity index (χ4n) is 1.94. The van der Waals surface area contributed by atoms with Crippen LogP contribution in [0.15, 0.2) is 65.6 Å². The molecule has 0 radical (unpaired) electrons. The lowest BCUT2D eigenvalue weighted by atomic mass is 10.2. The Morgan fingerprint density at radius 1 is 1.16 bits per heavy atom. The quantitative estimate of drug-likeness (QED) is 0.339. The fraction of sp³-hybridized carbons (Fsp3) is 0.0556. The van der Waals surface area contributed by atoms with Crippen molar-refractivity contribution in [2.24, 2.45) is 0 Å². The molecule has 2 aromatic carbocycles. The van der Waals surface area contributed by atoms with Crippen LogP contribution in [-0.4, -0.2) is 19.5 Å². The molecule has 3 N–H and O–H groups in total. The second-order valence-electron chi connectivity index (χ2n) is 5.08. The lowest BCUT2D eigenvalue weighted by Gasteiger charge is -2.09. The van der Waals surface area contributed by atoms with Crippen LogP contribution in [-0.2, 0) is 14.8 Å². The highest BCUT2D eigenvalue weighted by Crippen LogP contribution is 2.17. The maximum absolute atomic E-state index is 12.5. The van der Waals surface area contributed by atoms with E-state index in [0.29, 0.717) is 11.3 Å². The van der Waals surface area contributed by atoms with Crippen molar-refractivity contribution >= 4 is 21.6 Å². The Morgan fingerprint density at radius 3 is 2.64 bits per heavy atom. The molecule has 0 aliphatic carbocycles. The van der Waals surface area contributed by atoms with Gasteiger partial charge in [0.1, 0.15) is 0 Å². The van der Waals surface area contributed by atoms with Crippen molar-refractivity contribution in [3.05, 3.63) is 71.8 Å². The molecule has 128 valence electrons. The molecule has 1 amide bonds. The lowest BCUT2D eigenvalue weighted by Crippen LogP contribution is -2.14. The van der Waals surface area contributed by atoms with Gasteiger partial charge in [0, 0.05) is 17.3 Å². The van der Waals surface area contributed by atoms with E-state index in [1.807, 2.05) is 13.0 Å². The Balaban J connectivity index is 2.21. The van der Waals surface area contributed by atoms with Gasteiger partial charge in [-0.25, -0.2) is 13.9 Å². The van der Waals surface area contributed by atoms with Crippen LogP contribution in [0, 0.1) is 18.8 Å². The van der Waals surface area contributed by atoms with Gasteiger partial charge in [-0.15, -0.1) is 0 Å². The zero-order valence-corrected chi connectivity index (χ0v) is 14.2. The van der Waals surface area contributed by atoms with Gasteiger partial charge in [-0.2, -0.15) is 0 Å². The SMILES string of the molecule is Cc1cccc(NS(=O)(=O)c2cccc(C#C/C=C/C(=O)NO)c2)c1. The number of nitrogens with one attached hydrogen (secondary N) is 2. The van der Waals surface area contributed by atoms with Crippen molar-refractivity contribution in [2.75, 3.05) is 4.72 Å². The van der Waals surface area contributed by atoms with E-state index in [-0.39, 0.29) is 4.90 Å². The molecule has 0 aliphatic rings. The van der Waals surface area contributed by atoms with Gasteiger partial charge in [-0.05, 0) is 48.9 Å². The summed E-state index contributed by atoms with van der Waals surface area (Å²) in [6.07, 6.45) is 2.30. The van der Waals surface area contributed by atoms with Crippen molar-refractivity contribution in [2.45, 2.75) is 11.8 Å². The topological polar surface area (TPSA) is 95.5 Å². The van der Waals surface area contributed by atoms with Gasteiger partial charge in [-0.1, -0.05) is 30.0 Å². The molecule has 25 heavy (non-hydrogen) atoms. The van der Waals surface area contributed by atoms with Crippen molar-refractivity contribution in [1.29, 1.82) is 0 Å². The highest BCUT2D eigenvalue weighted by Gasteiger charge is 2.14. The molecule has 0 unspecified atom stereocenters. The number of hydrogen-bond acceptors (Lipinski definition) is 4. The average Bonchev–Trinajstić information content (AvgIpc) is 2.58. The second-order valence-corrected chi connectivity index (χ2v) is 6.76. The summed E-state index contributed by atoms with van der Waals surface area (Å²) in [5, 5.41) is 8.34. The molecule has 0 saturated carbocycles. The number of carbonyl (C=O) groups is 1. The molecule has 0 bridgehead atoms. The molecule has 0 spiro atoms. The Labute approximate surface area is 146 Å². The van der Waals surface area contributed by atoms with Crippen LogP contribution in [0.1, 0.15) is 11.1 Å². The highest BCUT2D eigenvalue weighted by molar-refractivity contribution is 7.92. The van der Waals surface area contributed by atoms with Gasteiger partial charge in [0.2, 0.25) is 0 Å². The first-order chi connectivity index (χ1) is 11.9. The number of anilines is 1. The number of amides is 1. The zero-order chi connectivity index (χ0) is 18.3. The monoisotopic (exact) mass is 356 g/mol. The van der Waals surface area contributed by atoms with Crippen molar-refractivity contribution < 1.29 is 18.4 Å². The van der Waals surface area contributed by atoms with Crippen LogP contribution in [0.4, 0.5) is 5.69 Å². The molecule has 6 nitrogen and oxygen atoms in total. The summed E-state index contributed by atoms with van der Waals surface area (Å²) in [5.74, 6) is 4.60. The number of rotatable bonds is 4. The molecule has 2 aromatic rings. The standard InChI is InChI=1S/C18H16N2O4S/c1-14-6-4-9-16(12-14)20-25(23,24)17-10-5-8-15(13-17)7-2-3-11-18(21)19-22/h3-6,8-13,20,22H,1H3,(H,19,21)/b11-3+. The third-order valence-electron chi connectivity index (χ3n) is 3.06. The van der Waals surface area contributed by atoms with Crippen LogP contribution >= 0.6 is 0 Å². The molecule has 0 saturated heterocycles. The molecule has 7 heteroatoms. The first-order valence-electron chi connectivity index (χ1n) is 7.22. The smallest absolute Gasteiger partial charge is 0.267 e. The summed E-state index contributed by atoms with van der Waals surface area (Å²) in [5.41, 5.74) is 3.34. The zero-order valence-electron chi connectivity index (χ0n) is 13.4. The summed E-state index contributed by atoms with van der Waals surface area (Å²) < 4.78 is 27.5. The normalized spacial score (nSPS) is 10.8. The number of hydrogen-bond donors (Lipinski definition) is 3. The maximum Gasteiger partial charge on any atom is 0.267 e. The number of hydroxylamine groups is 1. The average molecular weight is 356 g/mol.